The summed E-state index contributed by atoms with van der Waals surface area (Å²) in [5, 5.41) is 0.582. The highest BCUT2D eigenvalue weighted by atomic mass is 35.5. The Hall–Kier alpha value is -1.09. The van der Waals surface area contributed by atoms with Crippen LogP contribution in [0.25, 0.3) is 0 Å². The van der Waals surface area contributed by atoms with Crippen LogP contribution >= 0.6 is 11.6 Å². The highest BCUT2D eigenvalue weighted by Gasteiger charge is 2.49. The Bertz CT molecular complexity index is 411. The van der Waals surface area contributed by atoms with Gasteiger partial charge in [0.1, 0.15) is 5.67 Å². The molecule has 0 aromatic heterocycles. The molecular weight excluding hydrogens is 267 g/mol. The van der Waals surface area contributed by atoms with Gasteiger partial charge >= 0.3 is 5.97 Å². The summed E-state index contributed by atoms with van der Waals surface area (Å²) in [7, 11) is 0. The van der Waals surface area contributed by atoms with E-state index in [9.17, 15) is 9.18 Å². The number of alkyl halides is 1. The molecule has 106 valence electrons. The predicted molar refractivity (Wildman–Crippen MR) is 74.9 cm³/mol. The second kappa shape index (κ2) is 6.90. The fourth-order valence-corrected chi connectivity index (χ4v) is 2.26. The zero-order valence-corrected chi connectivity index (χ0v) is 12.3. The number of halogens is 2. The third-order valence-electron chi connectivity index (χ3n) is 3.12. The van der Waals surface area contributed by atoms with E-state index in [4.69, 9.17) is 16.3 Å². The molecule has 0 aliphatic heterocycles. The van der Waals surface area contributed by atoms with Crippen LogP contribution in [0.3, 0.4) is 0 Å². The van der Waals surface area contributed by atoms with Gasteiger partial charge in [-0.05, 0) is 37.5 Å². The average Bonchev–Trinajstić information content (AvgIpc) is 2.38. The average molecular weight is 287 g/mol. The summed E-state index contributed by atoms with van der Waals surface area (Å²) in [5.41, 5.74) is -0.815. The third-order valence-corrected chi connectivity index (χ3v) is 3.37. The first kappa shape index (κ1) is 16.0. The minimum atomic E-state index is -1.40. The summed E-state index contributed by atoms with van der Waals surface area (Å²) in [6, 6.07) is 6.67. The molecule has 19 heavy (non-hydrogen) atoms. The van der Waals surface area contributed by atoms with E-state index in [1.54, 1.807) is 31.2 Å². The molecule has 2 nitrogen and oxygen atoms in total. The first-order valence-electron chi connectivity index (χ1n) is 6.67. The molecule has 1 aliphatic carbocycles. The Morgan fingerprint density at radius 1 is 1.37 bits per heavy atom. The Labute approximate surface area is 118 Å². The maximum atomic E-state index is 14.4. The SMILES string of the molecule is CC.CCOC(=O)C1CC(F)(c2ccc(Cl)cc2)C1. The molecule has 0 atom stereocenters. The van der Waals surface area contributed by atoms with Crippen molar-refractivity contribution in [1.82, 2.24) is 0 Å². The van der Waals surface area contributed by atoms with Crippen LogP contribution in [-0.4, -0.2) is 12.6 Å². The number of benzene rings is 1. The largest absolute Gasteiger partial charge is 0.466 e. The molecule has 4 heteroatoms. The van der Waals surface area contributed by atoms with Crippen molar-refractivity contribution in [2.45, 2.75) is 39.3 Å². The molecule has 1 saturated carbocycles. The van der Waals surface area contributed by atoms with Crippen LogP contribution in [0.5, 0.6) is 0 Å². The van der Waals surface area contributed by atoms with Crippen molar-refractivity contribution in [2.75, 3.05) is 6.61 Å². The lowest BCUT2D eigenvalue weighted by atomic mass is 9.69. The maximum Gasteiger partial charge on any atom is 0.309 e. The molecule has 1 aliphatic rings. The normalized spacial score (nSPS) is 24.8. The van der Waals surface area contributed by atoms with Crippen molar-refractivity contribution in [1.29, 1.82) is 0 Å². The molecule has 0 unspecified atom stereocenters. The van der Waals surface area contributed by atoms with E-state index in [2.05, 4.69) is 0 Å². The van der Waals surface area contributed by atoms with Gasteiger partial charge in [-0.25, -0.2) is 4.39 Å². The summed E-state index contributed by atoms with van der Waals surface area (Å²) in [6.07, 6.45) is 0.404. The van der Waals surface area contributed by atoms with Crippen LogP contribution < -0.4 is 0 Å². The second-order valence-electron chi connectivity index (χ2n) is 4.33. The zero-order chi connectivity index (χ0) is 14.5. The van der Waals surface area contributed by atoms with E-state index >= 15 is 0 Å². The first-order valence-corrected chi connectivity index (χ1v) is 7.04. The fraction of sp³-hybridized carbons (Fsp3) is 0.533. The number of ether oxygens (including phenoxy) is 1. The van der Waals surface area contributed by atoms with Gasteiger partial charge in [0, 0.05) is 5.02 Å². The van der Waals surface area contributed by atoms with Crippen LogP contribution in [-0.2, 0) is 15.2 Å². The van der Waals surface area contributed by atoms with Crippen molar-refractivity contribution >= 4 is 17.6 Å². The lowest BCUT2D eigenvalue weighted by Crippen LogP contribution is -2.42. The monoisotopic (exact) mass is 286 g/mol. The Morgan fingerprint density at radius 2 is 1.89 bits per heavy atom. The maximum absolute atomic E-state index is 14.4. The van der Waals surface area contributed by atoms with Gasteiger partial charge in [0.15, 0.2) is 0 Å². The molecule has 0 radical (unpaired) electrons. The minimum absolute atomic E-state index is 0.202. The zero-order valence-electron chi connectivity index (χ0n) is 11.6. The topological polar surface area (TPSA) is 26.3 Å². The summed E-state index contributed by atoms with van der Waals surface area (Å²) in [4.78, 5) is 11.4. The second-order valence-corrected chi connectivity index (χ2v) is 4.77. The van der Waals surface area contributed by atoms with Gasteiger partial charge in [-0.3, -0.25) is 4.79 Å². The van der Waals surface area contributed by atoms with Crippen molar-refractivity contribution < 1.29 is 13.9 Å². The molecule has 1 aromatic rings. The molecule has 0 amide bonds. The molecule has 0 N–H and O–H groups in total. The van der Waals surface area contributed by atoms with Crippen LogP contribution in [0.15, 0.2) is 24.3 Å². The third kappa shape index (κ3) is 3.69. The van der Waals surface area contributed by atoms with E-state index in [1.807, 2.05) is 13.8 Å². The van der Waals surface area contributed by atoms with Gasteiger partial charge in [0.05, 0.1) is 12.5 Å². The van der Waals surface area contributed by atoms with Crippen LogP contribution in [0.4, 0.5) is 4.39 Å². The van der Waals surface area contributed by atoms with E-state index in [0.717, 1.165) is 0 Å². The quantitative estimate of drug-likeness (QED) is 0.765. The van der Waals surface area contributed by atoms with Gasteiger partial charge in [-0.1, -0.05) is 37.6 Å². The Kier molecular flexibility index (Phi) is 5.80. The minimum Gasteiger partial charge on any atom is -0.466 e. The Balaban J connectivity index is 0.000000861. The molecule has 0 saturated heterocycles. The highest BCUT2D eigenvalue weighted by molar-refractivity contribution is 6.30. The van der Waals surface area contributed by atoms with Crippen LogP contribution in [0.1, 0.15) is 39.2 Å². The summed E-state index contributed by atoms with van der Waals surface area (Å²) in [5.74, 6) is -0.606. The molecule has 0 spiro atoms. The molecule has 0 heterocycles. The van der Waals surface area contributed by atoms with Crippen molar-refractivity contribution in [2.24, 2.45) is 5.92 Å². The molecule has 1 fully saturated rings. The number of esters is 1. The van der Waals surface area contributed by atoms with E-state index in [1.165, 1.54) is 0 Å². The van der Waals surface area contributed by atoms with Gasteiger partial charge in [-0.15, -0.1) is 0 Å². The molecule has 2 rings (SSSR count). The van der Waals surface area contributed by atoms with Crippen molar-refractivity contribution in [3.05, 3.63) is 34.9 Å². The van der Waals surface area contributed by atoms with Crippen molar-refractivity contribution in [3.63, 3.8) is 0 Å². The number of hydrogen-bond acceptors (Lipinski definition) is 2. The summed E-state index contributed by atoms with van der Waals surface area (Å²) in [6.45, 7) is 6.09. The molecule has 0 bridgehead atoms. The van der Waals surface area contributed by atoms with Crippen molar-refractivity contribution in [3.8, 4) is 0 Å². The standard InChI is InChI=1S/C13H14ClFO2.C2H6/c1-2-17-12(16)9-7-13(15,8-9)10-3-5-11(14)6-4-10;1-2/h3-6,9H,2,7-8H2,1H3;1-2H3. The first-order chi connectivity index (χ1) is 9.05. The van der Waals surface area contributed by atoms with Gasteiger partial charge in [-0.2, -0.15) is 0 Å². The van der Waals surface area contributed by atoms with E-state index in [-0.39, 0.29) is 24.7 Å². The summed E-state index contributed by atoms with van der Waals surface area (Å²) >= 11 is 5.75. The highest BCUT2D eigenvalue weighted by Crippen LogP contribution is 2.49. The van der Waals surface area contributed by atoms with Gasteiger partial charge in [0.25, 0.3) is 0 Å². The lowest BCUT2D eigenvalue weighted by molar-refractivity contribution is -0.158. The summed E-state index contributed by atoms with van der Waals surface area (Å²) < 4.78 is 19.2. The number of carbonyl (C=O) groups excluding carboxylic acids is 1. The van der Waals surface area contributed by atoms with Gasteiger partial charge in [0.2, 0.25) is 0 Å². The van der Waals surface area contributed by atoms with E-state index < -0.39 is 5.67 Å². The Morgan fingerprint density at radius 3 is 2.37 bits per heavy atom. The van der Waals surface area contributed by atoms with Gasteiger partial charge < -0.3 is 4.74 Å². The van der Waals surface area contributed by atoms with E-state index in [0.29, 0.717) is 17.2 Å². The smallest absolute Gasteiger partial charge is 0.309 e. The fourth-order valence-electron chi connectivity index (χ4n) is 2.13. The number of hydrogen-bond donors (Lipinski definition) is 0. The molecule has 1 aromatic carbocycles. The number of rotatable bonds is 3. The lowest BCUT2D eigenvalue weighted by Gasteiger charge is -2.40. The van der Waals surface area contributed by atoms with Crippen LogP contribution in [0.2, 0.25) is 5.02 Å². The van der Waals surface area contributed by atoms with Crippen LogP contribution in [0, 0.1) is 5.92 Å². The predicted octanol–water partition coefficient (Wildman–Crippen LogP) is 4.50. The molecular formula is C15H20ClFO2. The number of carbonyl (C=O) groups is 1.